The maximum atomic E-state index is 5.35. The van der Waals surface area contributed by atoms with E-state index in [2.05, 4.69) is 46.6 Å². The fourth-order valence-corrected chi connectivity index (χ4v) is 2.17. The molecule has 1 atom stereocenters. The second-order valence-electron chi connectivity index (χ2n) is 5.10. The molecule has 0 aliphatic heterocycles. The Morgan fingerprint density at radius 2 is 2.14 bits per heavy atom. The molecule has 0 saturated heterocycles. The number of likely N-dealkylation sites (N-methyl/N-ethyl adjacent to an activating group) is 1. The molecule has 6 heteroatoms. The van der Waals surface area contributed by atoms with Crippen molar-refractivity contribution in [1.82, 2.24) is 20.4 Å². The molecule has 0 fully saturated rings. The number of aryl methyl sites for hydroxylation is 1. The summed E-state index contributed by atoms with van der Waals surface area (Å²) < 4.78 is 10.6. The third kappa shape index (κ3) is 4.27. The second kappa shape index (κ2) is 7.19. The number of aromatic nitrogens is 2. The van der Waals surface area contributed by atoms with Gasteiger partial charge in [-0.25, -0.2) is 0 Å². The highest BCUT2D eigenvalue weighted by molar-refractivity contribution is 5.30. The molecule has 1 unspecified atom stereocenters. The summed E-state index contributed by atoms with van der Waals surface area (Å²) in [4.78, 5) is 2.17. The minimum Gasteiger partial charge on any atom is -0.497 e. The zero-order valence-corrected chi connectivity index (χ0v) is 13.0. The van der Waals surface area contributed by atoms with Crippen molar-refractivity contribution in [3.63, 3.8) is 0 Å². The number of hydrogen-bond donors (Lipinski definition) is 1. The summed E-state index contributed by atoms with van der Waals surface area (Å²) in [5, 5.41) is 11.1. The molecule has 0 aliphatic carbocycles. The predicted octanol–water partition coefficient (Wildman–Crippen LogP) is 1.78. The summed E-state index contributed by atoms with van der Waals surface area (Å²) in [6, 6.07) is 8.36. The zero-order valence-electron chi connectivity index (χ0n) is 13.0. The quantitative estimate of drug-likeness (QED) is 0.838. The van der Waals surface area contributed by atoms with Gasteiger partial charge in [-0.15, -0.1) is 10.2 Å². The normalized spacial score (nSPS) is 12.6. The maximum Gasteiger partial charge on any atom is 0.230 e. The number of ether oxygens (including phenoxy) is 1. The molecule has 2 aromatic rings. The first-order valence-corrected chi connectivity index (χ1v) is 6.90. The lowest BCUT2D eigenvalue weighted by Gasteiger charge is -2.25. The van der Waals surface area contributed by atoms with E-state index in [0.29, 0.717) is 18.3 Å². The Balaban J connectivity index is 1.98. The van der Waals surface area contributed by atoms with E-state index in [1.54, 1.807) is 14.0 Å². The Labute approximate surface area is 125 Å². The molecule has 114 valence electrons. The van der Waals surface area contributed by atoms with Crippen LogP contribution in [0.15, 0.2) is 28.7 Å². The standard InChI is InChI=1S/C15H22N4O2/c1-11-17-18-15(21-11)10-16-9-14(19(2)3)12-6-5-7-13(8-12)20-4/h5-8,14,16H,9-10H2,1-4H3. The lowest BCUT2D eigenvalue weighted by Crippen LogP contribution is -2.30. The summed E-state index contributed by atoms with van der Waals surface area (Å²) in [5.41, 5.74) is 1.20. The summed E-state index contributed by atoms with van der Waals surface area (Å²) in [6.07, 6.45) is 0. The van der Waals surface area contributed by atoms with Gasteiger partial charge in [-0.1, -0.05) is 12.1 Å². The molecule has 6 nitrogen and oxygen atoms in total. The molecule has 0 radical (unpaired) electrons. The van der Waals surface area contributed by atoms with Crippen LogP contribution in [-0.4, -0.2) is 42.8 Å². The van der Waals surface area contributed by atoms with E-state index in [1.807, 2.05) is 12.1 Å². The smallest absolute Gasteiger partial charge is 0.230 e. The Morgan fingerprint density at radius 3 is 2.76 bits per heavy atom. The third-order valence-electron chi connectivity index (χ3n) is 3.28. The lowest BCUT2D eigenvalue weighted by atomic mass is 10.1. The Bertz CT molecular complexity index is 568. The molecule has 0 amide bonds. The molecular weight excluding hydrogens is 268 g/mol. The van der Waals surface area contributed by atoms with Crippen molar-refractivity contribution in [2.24, 2.45) is 0 Å². The highest BCUT2D eigenvalue weighted by Gasteiger charge is 2.15. The first-order valence-electron chi connectivity index (χ1n) is 6.90. The fourth-order valence-electron chi connectivity index (χ4n) is 2.17. The molecule has 1 aromatic carbocycles. The number of hydrogen-bond acceptors (Lipinski definition) is 6. The number of methoxy groups -OCH3 is 1. The van der Waals surface area contributed by atoms with Crippen LogP contribution in [0.5, 0.6) is 5.75 Å². The van der Waals surface area contributed by atoms with E-state index in [-0.39, 0.29) is 6.04 Å². The minimum atomic E-state index is 0.240. The molecule has 0 saturated carbocycles. The van der Waals surface area contributed by atoms with Crippen LogP contribution in [0.4, 0.5) is 0 Å². The number of nitrogens with one attached hydrogen (secondary N) is 1. The second-order valence-corrected chi connectivity index (χ2v) is 5.10. The number of nitrogens with zero attached hydrogens (tertiary/aromatic N) is 3. The maximum absolute atomic E-state index is 5.35. The fraction of sp³-hybridized carbons (Fsp3) is 0.467. The Morgan fingerprint density at radius 1 is 1.33 bits per heavy atom. The van der Waals surface area contributed by atoms with Crippen molar-refractivity contribution < 1.29 is 9.15 Å². The van der Waals surface area contributed by atoms with Crippen molar-refractivity contribution in [2.75, 3.05) is 27.7 Å². The molecule has 1 N–H and O–H groups in total. The highest BCUT2D eigenvalue weighted by Crippen LogP contribution is 2.22. The molecule has 21 heavy (non-hydrogen) atoms. The van der Waals surface area contributed by atoms with Crippen molar-refractivity contribution >= 4 is 0 Å². The molecule has 0 bridgehead atoms. The van der Waals surface area contributed by atoms with Crippen LogP contribution in [-0.2, 0) is 6.54 Å². The largest absolute Gasteiger partial charge is 0.497 e. The Hall–Kier alpha value is -1.92. The Kier molecular flexibility index (Phi) is 5.30. The van der Waals surface area contributed by atoms with Gasteiger partial charge < -0.3 is 19.4 Å². The van der Waals surface area contributed by atoms with Gasteiger partial charge in [-0.2, -0.15) is 0 Å². The van der Waals surface area contributed by atoms with Crippen LogP contribution in [0.1, 0.15) is 23.4 Å². The average Bonchev–Trinajstić information content (AvgIpc) is 2.89. The van der Waals surface area contributed by atoms with E-state index >= 15 is 0 Å². The van der Waals surface area contributed by atoms with Crippen LogP contribution < -0.4 is 10.1 Å². The van der Waals surface area contributed by atoms with E-state index in [1.165, 1.54) is 5.56 Å². The monoisotopic (exact) mass is 290 g/mol. The van der Waals surface area contributed by atoms with Gasteiger partial charge in [0, 0.05) is 19.5 Å². The summed E-state index contributed by atoms with van der Waals surface area (Å²) in [6.45, 7) is 3.13. The molecular formula is C15H22N4O2. The summed E-state index contributed by atoms with van der Waals surface area (Å²) in [5.74, 6) is 2.06. The van der Waals surface area contributed by atoms with Crippen LogP contribution in [0.2, 0.25) is 0 Å². The van der Waals surface area contributed by atoms with Gasteiger partial charge in [0.1, 0.15) is 5.75 Å². The van der Waals surface area contributed by atoms with Crippen LogP contribution in [0.3, 0.4) is 0 Å². The molecule has 1 heterocycles. The lowest BCUT2D eigenvalue weighted by molar-refractivity contribution is 0.283. The van der Waals surface area contributed by atoms with Gasteiger partial charge in [-0.05, 0) is 31.8 Å². The summed E-state index contributed by atoms with van der Waals surface area (Å²) >= 11 is 0. The van der Waals surface area contributed by atoms with Gasteiger partial charge in [0.15, 0.2) is 0 Å². The van der Waals surface area contributed by atoms with Crippen LogP contribution >= 0.6 is 0 Å². The third-order valence-corrected chi connectivity index (χ3v) is 3.28. The van der Waals surface area contributed by atoms with Crippen LogP contribution in [0, 0.1) is 6.92 Å². The van der Waals surface area contributed by atoms with Crippen molar-refractivity contribution in [3.05, 3.63) is 41.6 Å². The molecule has 0 spiro atoms. The molecule has 2 rings (SSSR count). The average molecular weight is 290 g/mol. The van der Waals surface area contributed by atoms with E-state index in [0.717, 1.165) is 12.3 Å². The van der Waals surface area contributed by atoms with Crippen molar-refractivity contribution in [2.45, 2.75) is 19.5 Å². The number of benzene rings is 1. The summed E-state index contributed by atoms with van der Waals surface area (Å²) in [7, 11) is 5.80. The first kappa shape index (κ1) is 15.5. The van der Waals surface area contributed by atoms with Crippen molar-refractivity contribution in [3.8, 4) is 5.75 Å². The van der Waals surface area contributed by atoms with Crippen LogP contribution in [0.25, 0.3) is 0 Å². The van der Waals surface area contributed by atoms with Gasteiger partial charge >= 0.3 is 0 Å². The van der Waals surface area contributed by atoms with Gasteiger partial charge in [-0.3, -0.25) is 0 Å². The molecule has 0 aliphatic rings. The van der Waals surface area contributed by atoms with Gasteiger partial charge in [0.25, 0.3) is 0 Å². The van der Waals surface area contributed by atoms with E-state index in [4.69, 9.17) is 9.15 Å². The predicted molar refractivity (Wildman–Crippen MR) is 80.2 cm³/mol. The van der Waals surface area contributed by atoms with E-state index < -0.39 is 0 Å². The minimum absolute atomic E-state index is 0.240. The topological polar surface area (TPSA) is 63.4 Å². The molecule has 1 aromatic heterocycles. The van der Waals surface area contributed by atoms with Gasteiger partial charge in [0.2, 0.25) is 11.8 Å². The van der Waals surface area contributed by atoms with E-state index in [9.17, 15) is 0 Å². The number of rotatable bonds is 7. The zero-order chi connectivity index (χ0) is 15.2. The SMILES string of the molecule is COc1cccc(C(CNCc2nnc(C)o2)N(C)C)c1. The van der Waals surface area contributed by atoms with Crippen molar-refractivity contribution in [1.29, 1.82) is 0 Å². The highest BCUT2D eigenvalue weighted by atomic mass is 16.5. The van der Waals surface area contributed by atoms with Gasteiger partial charge in [0.05, 0.1) is 13.7 Å². The first-order chi connectivity index (χ1) is 10.1.